The van der Waals surface area contributed by atoms with Crippen molar-refractivity contribution >= 4 is 11.8 Å². The first-order valence-corrected chi connectivity index (χ1v) is 58.5. The molecule has 2 aromatic carbocycles. The zero-order valence-corrected chi connectivity index (χ0v) is 92.9. The van der Waals surface area contributed by atoms with E-state index in [-0.39, 0.29) is 11.7 Å². The van der Waals surface area contributed by atoms with Crippen molar-refractivity contribution in [3.63, 3.8) is 0 Å². The van der Waals surface area contributed by atoms with Gasteiger partial charge in [-0.1, -0.05) is 438 Å². The molecule has 18 rings (SSSR count). The van der Waals surface area contributed by atoms with Crippen LogP contribution in [0.1, 0.15) is 543 Å². The zero-order valence-electron chi connectivity index (χ0n) is 92.1. The molecule has 0 radical (unpaired) electrons. The molecule has 16 aliphatic rings. The molecule has 0 amide bonds. The van der Waals surface area contributed by atoms with Gasteiger partial charge in [-0.15, -0.1) is 0 Å². The second-order valence-electron chi connectivity index (χ2n) is 52.0. The van der Waals surface area contributed by atoms with Crippen molar-refractivity contribution < 1.29 is 4.39 Å². The average Bonchev–Trinajstić information content (AvgIpc) is 1.21. The van der Waals surface area contributed by atoms with Gasteiger partial charge in [0.25, 0.3) is 0 Å². The van der Waals surface area contributed by atoms with Crippen LogP contribution in [0.3, 0.4) is 0 Å². The first-order chi connectivity index (χ1) is 60.0. The maximum Gasteiger partial charge on any atom is 0.126 e. The van der Waals surface area contributed by atoms with Crippen LogP contribution in [0.25, 0.3) is 0 Å². The molecule has 1 heterocycles. The molecule has 2 unspecified atom stereocenters. The quantitative estimate of drug-likeness (QED) is 0.143. The van der Waals surface area contributed by atoms with Crippen LogP contribution >= 0.6 is 11.8 Å². The molecule has 1 saturated heterocycles. The summed E-state index contributed by atoms with van der Waals surface area (Å²) in [5.41, 5.74) is 8.22. The third-order valence-corrected chi connectivity index (χ3v) is 38.5. The lowest BCUT2D eigenvalue weighted by Crippen LogP contribution is -2.56. The molecular weight excluding hydrogens is 1550 g/mol. The van der Waals surface area contributed by atoms with Gasteiger partial charge in [0.2, 0.25) is 0 Å². The molecular formula is C125H229FS. The first-order valence-electron chi connectivity index (χ1n) is 57.5. The van der Waals surface area contributed by atoms with E-state index in [4.69, 9.17) is 0 Å². The van der Waals surface area contributed by atoms with Crippen molar-refractivity contribution in [2.45, 2.75) is 540 Å². The summed E-state index contributed by atoms with van der Waals surface area (Å²) in [6.07, 6.45) is 70.3. The predicted molar refractivity (Wildman–Crippen MR) is 573 cm³/mol. The molecule has 15 fully saturated rings. The maximum atomic E-state index is 13.1. The third kappa shape index (κ3) is 42.7. The lowest BCUT2D eigenvalue weighted by molar-refractivity contribution is -0.157. The highest BCUT2D eigenvalue weighted by Crippen LogP contribution is 2.69. The zero-order chi connectivity index (χ0) is 94.3. The summed E-state index contributed by atoms with van der Waals surface area (Å²) < 4.78 is 13.1. The maximum absolute atomic E-state index is 13.1. The summed E-state index contributed by atoms with van der Waals surface area (Å²) >= 11 is 2.15. The smallest absolute Gasteiger partial charge is 0.126 e. The van der Waals surface area contributed by atoms with Crippen LogP contribution in [-0.2, 0) is 12.8 Å². The van der Waals surface area contributed by atoms with E-state index in [1.165, 1.54) is 243 Å². The Labute approximate surface area is 803 Å². The minimum absolute atomic E-state index is 0.0833. The Balaban J connectivity index is 0.000000244. The molecule has 2 heteroatoms. The van der Waals surface area contributed by atoms with Gasteiger partial charge in [-0.2, -0.15) is 11.8 Å². The van der Waals surface area contributed by atoms with Crippen molar-refractivity contribution in [3.05, 3.63) is 70.0 Å². The van der Waals surface area contributed by atoms with Crippen molar-refractivity contribution in [2.24, 2.45) is 177 Å². The normalized spacial score (nSPS) is 27.2. The van der Waals surface area contributed by atoms with Crippen LogP contribution in [-0.4, -0.2) is 11.0 Å². The number of hydrogen-bond donors (Lipinski definition) is 0. The predicted octanol–water partition coefficient (Wildman–Crippen LogP) is 41.6. The molecule has 0 spiro atoms. The summed E-state index contributed by atoms with van der Waals surface area (Å²) in [6, 6.07) is 12.0. The second-order valence-corrected chi connectivity index (χ2v) is 53.4. The molecule has 0 aromatic heterocycles. The molecule has 4 bridgehead atoms. The molecule has 15 aliphatic carbocycles. The highest BCUT2D eigenvalue weighted by atomic mass is 32.2. The van der Waals surface area contributed by atoms with E-state index in [9.17, 15) is 4.39 Å². The number of hydrogen-bond acceptors (Lipinski definition) is 1. The monoisotopic (exact) mass is 1780 g/mol. The van der Waals surface area contributed by atoms with Gasteiger partial charge < -0.3 is 0 Å². The molecule has 742 valence electrons. The standard InChI is InChI=1S/C12H16.C12H22.C10H13F.2C10H18.3C10H20.3C9H18.C7H14S.C7H14/c1-9(2)11-7-3-5-10-6-4-8-12(10)11;1-9(2)12-7-10-5-3-4-6-11(10)8-12;1-7(2)10-8(3)5-4-6-9(10)11;1-7(2)8(3)10-4-9(5-10)6-10;1-7(2)10-6-8-3-4-9(10)5-8;2*1-8(2)9(3)10-6-4-5-7-10;1-9(2)8-10-6-4-3-5-7-10;1-7(2)8-5-9(3,4)6-8;1-8(2)7-9-5-3-4-6-9;1-8(2)9-6-4-3-5-7-9;1-6(2)7-4-3-5-8-7;1-6(2)7-4-3-5-7/h3,5,7,9H,4,6,8H2,1-2H3;9-12H,3-8H2,1-2H3;4-7H,1-3H3;7-9H,4-6H2,1-3H3;7-10H,3-6H2,1-2H3;2*8-10H,4-7H2,1-3H3;9-10H,3-8H2,1-2H3;7-8H,5-6H2,1-4H3;2*8-9H,3-7H2,1-2H3;6-7H,3-5H2,1-2H3;6-7H,3-5H2,1-2H3/t;10-,11+,12?;;8-,9?,10?;8-,9+,10+;2*9-;;;;;;/m...0110....../s1. The van der Waals surface area contributed by atoms with Crippen LogP contribution in [0.15, 0.2) is 36.4 Å². The third-order valence-electron chi connectivity index (χ3n) is 36.7. The molecule has 2 aromatic rings. The summed E-state index contributed by atoms with van der Waals surface area (Å²) in [4.78, 5) is 0. The SMILES string of the molecule is CC(C)C1CC(C)(C)C1.CC(C)C1CCC1.CC(C)C1CCCCC1.CC(C)C1CCCS1.CC(C)C1C[C@H]2CCCC[C@H]2C1.CC(C)CC1CCCC1.CC(C)CC1CCCCC1.CC(C)[C@@H](C)C1CCCC1.CC(C)[C@@H]1C[C@@H]2CC[C@H]1C2.CC(C)[C@H](C)C12CC(C1)C2.CC(C)[C@H](C)C1CCCC1.CC(C)c1cccc2c1CCC2.Cc1cccc(F)c1C(C)C. The topological polar surface area (TPSA) is 0 Å². The van der Waals surface area contributed by atoms with Crippen LogP contribution < -0.4 is 0 Å². The molecule has 14 saturated carbocycles. The molecule has 0 N–H and O–H groups in total. The first kappa shape index (κ1) is 116. The van der Waals surface area contributed by atoms with E-state index >= 15 is 0 Å². The Morgan fingerprint density at radius 1 is 0.346 bits per heavy atom. The van der Waals surface area contributed by atoms with E-state index in [2.05, 4.69) is 231 Å². The van der Waals surface area contributed by atoms with Gasteiger partial charge in [-0.05, 0) is 344 Å². The minimum Gasteiger partial charge on any atom is -0.207 e. The van der Waals surface area contributed by atoms with Gasteiger partial charge in [-0.3, -0.25) is 0 Å². The number of aryl methyl sites for hydroxylation is 2. The highest BCUT2D eigenvalue weighted by Gasteiger charge is 2.59. The Morgan fingerprint density at radius 2 is 0.780 bits per heavy atom. The molecule has 10 atom stereocenters. The number of fused-ring (bicyclic) bond motifs is 4. The largest absolute Gasteiger partial charge is 0.207 e. The van der Waals surface area contributed by atoms with Crippen LogP contribution in [0.2, 0.25) is 0 Å². The van der Waals surface area contributed by atoms with E-state index in [1.807, 2.05) is 26.8 Å². The average molecular weight is 1780 g/mol. The summed E-state index contributed by atoms with van der Waals surface area (Å²) in [6.45, 7) is 74.3. The summed E-state index contributed by atoms with van der Waals surface area (Å²) in [7, 11) is 0. The number of benzene rings is 2. The Kier molecular flexibility index (Phi) is 55.9. The van der Waals surface area contributed by atoms with E-state index in [0.29, 0.717) is 11.3 Å². The van der Waals surface area contributed by atoms with Gasteiger partial charge in [0.1, 0.15) is 5.82 Å². The molecule has 127 heavy (non-hydrogen) atoms. The Bertz CT molecular complexity index is 2940. The number of rotatable bonds is 18. The van der Waals surface area contributed by atoms with Crippen molar-refractivity contribution in [1.29, 1.82) is 0 Å². The van der Waals surface area contributed by atoms with E-state index in [0.717, 1.165) is 187 Å². The van der Waals surface area contributed by atoms with E-state index < -0.39 is 0 Å². The van der Waals surface area contributed by atoms with Crippen LogP contribution in [0, 0.1) is 189 Å². The van der Waals surface area contributed by atoms with Crippen LogP contribution in [0.5, 0.6) is 0 Å². The molecule has 0 nitrogen and oxygen atoms in total. The van der Waals surface area contributed by atoms with Crippen molar-refractivity contribution in [1.82, 2.24) is 0 Å². The van der Waals surface area contributed by atoms with Crippen LogP contribution in [0.4, 0.5) is 4.39 Å². The van der Waals surface area contributed by atoms with Crippen molar-refractivity contribution in [2.75, 3.05) is 5.75 Å². The van der Waals surface area contributed by atoms with Gasteiger partial charge in [0, 0.05) is 5.25 Å². The van der Waals surface area contributed by atoms with Crippen molar-refractivity contribution in [3.8, 4) is 0 Å². The second kappa shape index (κ2) is 61.1. The minimum atomic E-state index is -0.0833. The van der Waals surface area contributed by atoms with Gasteiger partial charge >= 0.3 is 0 Å². The Morgan fingerprint density at radius 3 is 1.07 bits per heavy atom. The summed E-state index contributed by atoms with van der Waals surface area (Å²) in [5, 5.41) is 0.981. The van der Waals surface area contributed by atoms with Gasteiger partial charge in [-0.25, -0.2) is 4.39 Å². The fraction of sp³-hybridized carbons (Fsp3) is 0.904. The summed E-state index contributed by atoms with van der Waals surface area (Å²) in [5.74, 6) is 30.6. The molecule has 1 aliphatic heterocycles. The highest BCUT2D eigenvalue weighted by molar-refractivity contribution is 8.00. The lowest BCUT2D eigenvalue weighted by Gasteiger charge is -2.66. The fourth-order valence-corrected chi connectivity index (χ4v) is 28.1. The van der Waals surface area contributed by atoms with Gasteiger partial charge in [0.15, 0.2) is 0 Å². The number of halogens is 1. The van der Waals surface area contributed by atoms with Gasteiger partial charge in [0.05, 0.1) is 0 Å². The lowest BCUT2D eigenvalue weighted by atomic mass is 9.39. The number of thioether (sulfide) groups is 1. The fourth-order valence-electron chi connectivity index (χ4n) is 26.7. The Hall–Kier alpha value is -1.28. The van der Waals surface area contributed by atoms with E-state index in [1.54, 1.807) is 93.4 Å².